The Kier molecular flexibility index (Phi) is 3.56. The minimum Gasteiger partial charge on any atom is -0.351 e. The first-order valence-corrected chi connectivity index (χ1v) is 5.74. The van der Waals surface area contributed by atoms with Crippen LogP contribution in [0.2, 0.25) is 0 Å². The predicted molar refractivity (Wildman–Crippen MR) is 60.9 cm³/mol. The summed E-state index contributed by atoms with van der Waals surface area (Å²) in [5, 5.41) is 10.2. The highest BCUT2D eigenvalue weighted by Gasteiger charge is 2.21. The van der Waals surface area contributed by atoms with Crippen LogP contribution in [0.4, 0.5) is 0 Å². The van der Waals surface area contributed by atoms with Gasteiger partial charge in [0.25, 0.3) is 0 Å². The van der Waals surface area contributed by atoms with Gasteiger partial charge in [-0.3, -0.25) is 9.48 Å². The minimum absolute atomic E-state index is 0.0616. The molecule has 1 aromatic heterocycles. The summed E-state index contributed by atoms with van der Waals surface area (Å²) in [5.41, 5.74) is 0. The van der Waals surface area contributed by atoms with E-state index in [-0.39, 0.29) is 11.9 Å². The second-order valence-electron chi connectivity index (χ2n) is 4.35. The van der Waals surface area contributed by atoms with E-state index in [1.807, 2.05) is 23.9 Å². The predicted octanol–water partition coefficient (Wildman–Crippen LogP) is 0.140. The molecule has 16 heavy (non-hydrogen) atoms. The van der Waals surface area contributed by atoms with E-state index < -0.39 is 0 Å². The first-order chi connectivity index (χ1) is 7.74. The number of carbonyl (C=O) groups excluding carboxylic acids is 1. The van der Waals surface area contributed by atoms with Gasteiger partial charge in [0.2, 0.25) is 5.91 Å². The van der Waals surface area contributed by atoms with Gasteiger partial charge in [0.15, 0.2) is 0 Å². The first kappa shape index (κ1) is 11.1. The third-order valence-electron chi connectivity index (χ3n) is 2.56. The maximum Gasteiger partial charge on any atom is 0.234 e. The molecule has 5 nitrogen and oxygen atoms in total. The molecule has 1 aliphatic carbocycles. The first-order valence-electron chi connectivity index (χ1n) is 5.74. The number of nitrogens with zero attached hydrogens (tertiary/aromatic N) is 2. The van der Waals surface area contributed by atoms with Crippen molar-refractivity contribution < 1.29 is 4.79 Å². The lowest BCUT2D eigenvalue weighted by molar-refractivity contribution is -0.120. The fourth-order valence-corrected chi connectivity index (χ4v) is 1.59. The average Bonchev–Trinajstić information content (AvgIpc) is 2.94. The zero-order chi connectivity index (χ0) is 11.4. The molecule has 0 saturated heterocycles. The third kappa shape index (κ3) is 3.66. The van der Waals surface area contributed by atoms with Crippen molar-refractivity contribution in [2.75, 3.05) is 6.54 Å². The number of amides is 1. The average molecular weight is 222 g/mol. The highest BCUT2D eigenvalue weighted by Crippen LogP contribution is 2.17. The number of hydrogen-bond acceptors (Lipinski definition) is 3. The standard InChI is InChI=1S/C11H18N4O/c1-9(8-15-6-2-5-13-15)14-11(16)7-12-10-3-4-10/h2,5-6,9-10,12H,3-4,7-8H2,1H3,(H,14,16). The fourth-order valence-electron chi connectivity index (χ4n) is 1.59. The third-order valence-corrected chi connectivity index (χ3v) is 2.56. The Labute approximate surface area is 95.2 Å². The van der Waals surface area contributed by atoms with Gasteiger partial charge in [-0.1, -0.05) is 0 Å². The van der Waals surface area contributed by atoms with E-state index in [0.717, 1.165) is 0 Å². The lowest BCUT2D eigenvalue weighted by Crippen LogP contribution is -2.41. The largest absolute Gasteiger partial charge is 0.351 e. The summed E-state index contributed by atoms with van der Waals surface area (Å²) >= 11 is 0. The second-order valence-corrected chi connectivity index (χ2v) is 4.35. The summed E-state index contributed by atoms with van der Waals surface area (Å²) in [6, 6.07) is 2.56. The molecule has 1 atom stereocenters. The van der Waals surface area contributed by atoms with Crippen LogP contribution in [0.15, 0.2) is 18.5 Å². The van der Waals surface area contributed by atoms with Crippen LogP contribution in [0.25, 0.3) is 0 Å². The molecular formula is C11H18N4O. The summed E-state index contributed by atoms with van der Waals surface area (Å²) in [5.74, 6) is 0.0616. The smallest absolute Gasteiger partial charge is 0.234 e. The monoisotopic (exact) mass is 222 g/mol. The van der Waals surface area contributed by atoms with Gasteiger partial charge in [-0.05, 0) is 25.8 Å². The Morgan fingerprint density at radius 3 is 3.06 bits per heavy atom. The van der Waals surface area contributed by atoms with Crippen LogP contribution < -0.4 is 10.6 Å². The zero-order valence-corrected chi connectivity index (χ0v) is 9.52. The molecule has 0 bridgehead atoms. The molecule has 88 valence electrons. The highest BCUT2D eigenvalue weighted by atomic mass is 16.2. The Morgan fingerprint density at radius 1 is 1.62 bits per heavy atom. The molecule has 0 aliphatic heterocycles. The molecule has 1 amide bonds. The minimum atomic E-state index is 0.0616. The number of hydrogen-bond donors (Lipinski definition) is 2. The molecular weight excluding hydrogens is 204 g/mol. The molecule has 1 aliphatic rings. The second kappa shape index (κ2) is 5.12. The van der Waals surface area contributed by atoms with Crippen molar-refractivity contribution >= 4 is 5.91 Å². The fraction of sp³-hybridized carbons (Fsp3) is 0.636. The molecule has 2 N–H and O–H groups in total. The van der Waals surface area contributed by atoms with Gasteiger partial charge < -0.3 is 10.6 Å². The Bertz CT molecular complexity index is 332. The molecule has 1 unspecified atom stereocenters. The van der Waals surface area contributed by atoms with E-state index in [1.54, 1.807) is 6.20 Å². The quantitative estimate of drug-likeness (QED) is 0.720. The maximum absolute atomic E-state index is 11.5. The molecule has 1 aromatic rings. The van der Waals surface area contributed by atoms with Crippen LogP contribution in [-0.2, 0) is 11.3 Å². The number of nitrogens with one attached hydrogen (secondary N) is 2. The summed E-state index contributed by atoms with van der Waals surface area (Å²) in [6.45, 7) is 3.12. The lowest BCUT2D eigenvalue weighted by Gasteiger charge is -2.14. The lowest BCUT2D eigenvalue weighted by atomic mass is 10.3. The van der Waals surface area contributed by atoms with Crippen LogP contribution in [-0.4, -0.2) is 34.3 Å². The number of rotatable bonds is 6. The Hall–Kier alpha value is -1.36. The molecule has 0 aromatic carbocycles. The van der Waals surface area contributed by atoms with E-state index in [2.05, 4.69) is 15.7 Å². The van der Waals surface area contributed by atoms with Gasteiger partial charge in [0.05, 0.1) is 13.1 Å². The van der Waals surface area contributed by atoms with Gasteiger partial charge in [-0.25, -0.2) is 0 Å². The molecule has 1 heterocycles. The van der Waals surface area contributed by atoms with Crippen LogP contribution in [0.3, 0.4) is 0 Å². The highest BCUT2D eigenvalue weighted by molar-refractivity contribution is 5.78. The summed E-state index contributed by atoms with van der Waals surface area (Å²) in [4.78, 5) is 11.5. The SMILES string of the molecule is CC(Cn1cccn1)NC(=O)CNC1CC1. The Balaban J connectivity index is 1.65. The summed E-state index contributed by atoms with van der Waals surface area (Å²) in [6.07, 6.45) is 6.04. The van der Waals surface area contributed by atoms with Gasteiger partial charge in [0.1, 0.15) is 0 Å². The van der Waals surface area contributed by atoms with Gasteiger partial charge in [-0.2, -0.15) is 5.10 Å². The van der Waals surface area contributed by atoms with Gasteiger partial charge in [-0.15, -0.1) is 0 Å². The van der Waals surface area contributed by atoms with Crippen molar-refractivity contribution in [2.24, 2.45) is 0 Å². The Morgan fingerprint density at radius 2 is 2.44 bits per heavy atom. The van der Waals surface area contributed by atoms with E-state index >= 15 is 0 Å². The van der Waals surface area contributed by atoms with E-state index in [0.29, 0.717) is 19.1 Å². The normalized spacial score (nSPS) is 17.1. The number of carbonyl (C=O) groups is 1. The summed E-state index contributed by atoms with van der Waals surface area (Å²) in [7, 11) is 0. The van der Waals surface area contributed by atoms with Gasteiger partial charge in [0, 0.05) is 24.5 Å². The van der Waals surface area contributed by atoms with Crippen molar-refractivity contribution in [3.8, 4) is 0 Å². The van der Waals surface area contributed by atoms with Crippen molar-refractivity contribution in [1.29, 1.82) is 0 Å². The zero-order valence-electron chi connectivity index (χ0n) is 9.52. The molecule has 2 rings (SSSR count). The summed E-state index contributed by atoms with van der Waals surface area (Å²) < 4.78 is 1.82. The van der Waals surface area contributed by atoms with Gasteiger partial charge >= 0.3 is 0 Å². The van der Waals surface area contributed by atoms with Crippen LogP contribution in [0.1, 0.15) is 19.8 Å². The maximum atomic E-state index is 11.5. The van der Waals surface area contributed by atoms with E-state index in [1.165, 1.54) is 12.8 Å². The van der Waals surface area contributed by atoms with Crippen LogP contribution in [0.5, 0.6) is 0 Å². The van der Waals surface area contributed by atoms with Crippen molar-refractivity contribution in [3.63, 3.8) is 0 Å². The number of aromatic nitrogens is 2. The molecule has 1 saturated carbocycles. The van der Waals surface area contributed by atoms with Crippen molar-refractivity contribution in [2.45, 2.75) is 38.4 Å². The van der Waals surface area contributed by atoms with Crippen LogP contribution >= 0.6 is 0 Å². The topological polar surface area (TPSA) is 59.0 Å². The molecule has 5 heteroatoms. The van der Waals surface area contributed by atoms with Crippen LogP contribution in [0, 0.1) is 0 Å². The van der Waals surface area contributed by atoms with E-state index in [9.17, 15) is 4.79 Å². The van der Waals surface area contributed by atoms with E-state index in [4.69, 9.17) is 0 Å². The molecule has 1 fully saturated rings. The van der Waals surface area contributed by atoms with Crippen molar-refractivity contribution in [3.05, 3.63) is 18.5 Å². The molecule has 0 spiro atoms. The van der Waals surface area contributed by atoms with Crippen molar-refractivity contribution in [1.82, 2.24) is 20.4 Å². The molecule has 0 radical (unpaired) electrons.